The summed E-state index contributed by atoms with van der Waals surface area (Å²) in [7, 11) is 0. The van der Waals surface area contributed by atoms with Crippen LogP contribution in [0.25, 0.3) is 0 Å². The van der Waals surface area contributed by atoms with Gasteiger partial charge in [0.1, 0.15) is 0 Å². The van der Waals surface area contributed by atoms with E-state index in [1.165, 1.54) is 270 Å². The average Bonchev–Trinajstić information content (AvgIpc) is 3.36. The molecule has 0 aromatic heterocycles. The maximum atomic E-state index is 12.4. The molecule has 3 N–H and O–H groups in total. The van der Waals surface area contributed by atoms with Crippen LogP contribution >= 0.6 is 0 Å². The van der Waals surface area contributed by atoms with Crippen molar-refractivity contribution in [2.45, 2.75) is 360 Å². The lowest BCUT2D eigenvalue weighted by molar-refractivity contribution is -0.143. The quantitative estimate of drug-likeness (QED) is 0.0321. The molecule has 0 saturated heterocycles. The van der Waals surface area contributed by atoms with Gasteiger partial charge in [-0.05, 0) is 57.8 Å². The number of esters is 1. The molecule has 0 aliphatic heterocycles. The van der Waals surface area contributed by atoms with Crippen LogP contribution in [0.5, 0.6) is 0 Å². The van der Waals surface area contributed by atoms with E-state index < -0.39 is 12.1 Å². The first-order valence-electron chi connectivity index (χ1n) is 31.6. The SMILES string of the molecule is CCCCCCCCCCCCCCCC(=O)OCCCCCCCCCCC/C=C\C/C=C\CCCCCCCCCCCCCCCC(=O)NC(CO)C(O)CCCCCCCCCCCCC. The number of nitrogens with one attached hydrogen (secondary N) is 1. The Morgan fingerprint density at radius 2 is 0.714 bits per heavy atom. The number of amides is 1. The highest BCUT2D eigenvalue weighted by atomic mass is 16.5. The third kappa shape index (κ3) is 55.7. The predicted octanol–water partition coefficient (Wildman–Crippen LogP) is 19.8. The lowest BCUT2D eigenvalue weighted by Crippen LogP contribution is -2.45. The molecule has 0 aliphatic carbocycles. The molecule has 0 aromatic rings. The van der Waals surface area contributed by atoms with Gasteiger partial charge in [-0.1, -0.05) is 301 Å². The summed E-state index contributed by atoms with van der Waals surface area (Å²) in [4.78, 5) is 24.5. The smallest absolute Gasteiger partial charge is 0.305 e. The van der Waals surface area contributed by atoms with Crippen molar-refractivity contribution in [1.82, 2.24) is 5.32 Å². The Balaban J connectivity index is 3.38. The molecular formula is C64H123NO5. The maximum absolute atomic E-state index is 12.4. The number of hydrogen-bond acceptors (Lipinski definition) is 5. The molecule has 0 bridgehead atoms. The van der Waals surface area contributed by atoms with E-state index in [2.05, 4.69) is 43.5 Å². The summed E-state index contributed by atoms with van der Waals surface area (Å²) in [5.74, 6) is -0.0221. The number of aliphatic hydroxyl groups excluding tert-OH is 2. The van der Waals surface area contributed by atoms with Crippen LogP contribution in [0.1, 0.15) is 348 Å². The van der Waals surface area contributed by atoms with Crippen molar-refractivity contribution in [2.24, 2.45) is 0 Å². The second-order valence-corrected chi connectivity index (χ2v) is 21.7. The van der Waals surface area contributed by atoms with Crippen molar-refractivity contribution in [3.63, 3.8) is 0 Å². The van der Waals surface area contributed by atoms with Gasteiger partial charge in [0.05, 0.1) is 25.4 Å². The minimum Gasteiger partial charge on any atom is -0.466 e. The van der Waals surface area contributed by atoms with Gasteiger partial charge in [-0.2, -0.15) is 0 Å². The first-order valence-corrected chi connectivity index (χ1v) is 31.6. The van der Waals surface area contributed by atoms with Gasteiger partial charge >= 0.3 is 5.97 Å². The number of carbonyl (C=O) groups is 2. The lowest BCUT2D eigenvalue weighted by atomic mass is 10.0. The largest absolute Gasteiger partial charge is 0.466 e. The zero-order valence-electron chi connectivity index (χ0n) is 47.3. The van der Waals surface area contributed by atoms with Crippen LogP contribution in [0.15, 0.2) is 24.3 Å². The highest BCUT2D eigenvalue weighted by molar-refractivity contribution is 5.76. The van der Waals surface area contributed by atoms with E-state index in [-0.39, 0.29) is 18.5 Å². The molecule has 70 heavy (non-hydrogen) atoms. The van der Waals surface area contributed by atoms with Gasteiger partial charge in [0.15, 0.2) is 0 Å². The van der Waals surface area contributed by atoms with Gasteiger partial charge in [-0.15, -0.1) is 0 Å². The number of aliphatic hydroxyl groups is 2. The van der Waals surface area contributed by atoms with Gasteiger partial charge in [-0.3, -0.25) is 9.59 Å². The van der Waals surface area contributed by atoms with Crippen molar-refractivity contribution in [1.29, 1.82) is 0 Å². The van der Waals surface area contributed by atoms with Gasteiger partial charge in [-0.25, -0.2) is 0 Å². The van der Waals surface area contributed by atoms with E-state index in [4.69, 9.17) is 4.74 Å². The third-order valence-electron chi connectivity index (χ3n) is 14.8. The zero-order chi connectivity index (χ0) is 50.7. The van der Waals surface area contributed by atoms with Crippen molar-refractivity contribution in [2.75, 3.05) is 13.2 Å². The Morgan fingerprint density at radius 3 is 1.09 bits per heavy atom. The fourth-order valence-corrected chi connectivity index (χ4v) is 9.91. The van der Waals surface area contributed by atoms with Crippen LogP contribution in [0.4, 0.5) is 0 Å². The summed E-state index contributed by atoms with van der Waals surface area (Å²) >= 11 is 0. The van der Waals surface area contributed by atoms with E-state index in [1.807, 2.05) is 0 Å². The summed E-state index contributed by atoms with van der Waals surface area (Å²) in [6.07, 6.45) is 73.5. The molecule has 6 nitrogen and oxygen atoms in total. The van der Waals surface area contributed by atoms with Crippen molar-refractivity contribution in [3.8, 4) is 0 Å². The number of allylic oxidation sites excluding steroid dienone is 4. The fraction of sp³-hybridized carbons (Fsp3) is 0.906. The summed E-state index contributed by atoms with van der Waals surface area (Å²) < 4.78 is 5.48. The number of unbranched alkanes of at least 4 members (excludes halogenated alkanes) is 44. The average molecular weight is 987 g/mol. The minimum atomic E-state index is -0.663. The molecule has 2 unspecified atom stereocenters. The van der Waals surface area contributed by atoms with Crippen LogP contribution in [-0.2, 0) is 14.3 Å². The molecule has 2 atom stereocenters. The van der Waals surface area contributed by atoms with Crippen LogP contribution in [-0.4, -0.2) is 47.4 Å². The number of ether oxygens (including phenoxy) is 1. The molecule has 0 aliphatic rings. The predicted molar refractivity (Wildman–Crippen MR) is 306 cm³/mol. The molecule has 0 aromatic carbocycles. The molecule has 0 spiro atoms. The van der Waals surface area contributed by atoms with Crippen LogP contribution in [0, 0.1) is 0 Å². The summed E-state index contributed by atoms with van der Waals surface area (Å²) in [5.41, 5.74) is 0. The maximum Gasteiger partial charge on any atom is 0.305 e. The second kappa shape index (κ2) is 59.9. The third-order valence-corrected chi connectivity index (χ3v) is 14.8. The molecule has 0 rings (SSSR count). The molecular weight excluding hydrogens is 863 g/mol. The molecule has 0 saturated carbocycles. The first-order chi connectivity index (χ1) is 34.5. The lowest BCUT2D eigenvalue weighted by Gasteiger charge is -2.22. The first kappa shape index (κ1) is 68.3. The summed E-state index contributed by atoms with van der Waals surface area (Å²) in [5, 5.41) is 23.2. The monoisotopic (exact) mass is 986 g/mol. The molecule has 0 fully saturated rings. The molecule has 6 heteroatoms. The Bertz CT molecular complexity index is 1090. The van der Waals surface area contributed by atoms with E-state index in [9.17, 15) is 19.8 Å². The van der Waals surface area contributed by atoms with Crippen molar-refractivity contribution >= 4 is 11.9 Å². The van der Waals surface area contributed by atoms with Crippen molar-refractivity contribution < 1.29 is 24.5 Å². The van der Waals surface area contributed by atoms with Crippen LogP contribution in [0.3, 0.4) is 0 Å². The Hall–Kier alpha value is -1.66. The number of carbonyl (C=O) groups excluding carboxylic acids is 2. The summed E-state index contributed by atoms with van der Waals surface area (Å²) in [6.45, 7) is 4.96. The minimum absolute atomic E-state index is 0.0138. The van der Waals surface area contributed by atoms with E-state index in [1.54, 1.807) is 0 Å². The highest BCUT2D eigenvalue weighted by Crippen LogP contribution is 2.18. The topological polar surface area (TPSA) is 95.9 Å². The fourth-order valence-electron chi connectivity index (χ4n) is 9.91. The van der Waals surface area contributed by atoms with Gasteiger partial charge < -0.3 is 20.3 Å². The zero-order valence-corrected chi connectivity index (χ0v) is 47.3. The molecule has 0 heterocycles. The Labute approximate surface area is 437 Å². The van der Waals surface area contributed by atoms with Crippen molar-refractivity contribution in [3.05, 3.63) is 24.3 Å². The second-order valence-electron chi connectivity index (χ2n) is 21.7. The van der Waals surface area contributed by atoms with Gasteiger partial charge in [0, 0.05) is 12.8 Å². The summed E-state index contributed by atoms with van der Waals surface area (Å²) in [6, 6.07) is -0.540. The van der Waals surface area contributed by atoms with E-state index in [0.29, 0.717) is 25.9 Å². The van der Waals surface area contributed by atoms with Gasteiger partial charge in [0.2, 0.25) is 5.91 Å². The Morgan fingerprint density at radius 1 is 0.400 bits per heavy atom. The number of hydrogen-bond donors (Lipinski definition) is 3. The van der Waals surface area contributed by atoms with E-state index in [0.717, 1.165) is 44.9 Å². The highest BCUT2D eigenvalue weighted by Gasteiger charge is 2.20. The molecule has 414 valence electrons. The van der Waals surface area contributed by atoms with E-state index >= 15 is 0 Å². The normalized spacial score (nSPS) is 12.7. The van der Waals surface area contributed by atoms with Crippen LogP contribution in [0.2, 0.25) is 0 Å². The van der Waals surface area contributed by atoms with Gasteiger partial charge in [0.25, 0.3) is 0 Å². The molecule has 1 amide bonds. The standard InChI is InChI=1S/C64H123NO5/c1-3-5-7-9-11-13-15-33-38-42-46-50-54-58-64(69)70-59-55-51-47-43-39-35-32-30-28-26-24-22-20-18-16-17-19-21-23-25-27-29-31-34-37-41-45-49-53-57-63(68)65-61(60-66)62(67)56-52-48-44-40-36-14-12-10-8-6-4-2/h16,18,22,24,61-62,66-67H,3-15,17,19-21,23,25-60H2,1-2H3,(H,65,68)/b18-16-,24-22-. The Kier molecular flexibility index (Phi) is 58.5. The molecule has 0 radical (unpaired) electrons. The van der Waals surface area contributed by atoms with Crippen LogP contribution < -0.4 is 5.32 Å². The number of rotatable bonds is 59.